The van der Waals surface area contributed by atoms with E-state index in [1.54, 1.807) is 18.2 Å². The molecule has 4 N–H and O–H groups in total. The quantitative estimate of drug-likeness (QED) is 0.476. The molecule has 0 aliphatic rings. The van der Waals surface area contributed by atoms with Crippen LogP contribution in [0.4, 0.5) is 5.69 Å². The van der Waals surface area contributed by atoms with Gasteiger partial charge in [-0.25, -0.2) is 0 Å². The maximum absolute atomic E-state index is 10.5. The van der Waals surface area contributed by atoms with E-state index in [2.05, 4.69) is 5.43 Å². The van der Waals surface area contributed by atoms with Crippen molar-refractivity contribution in [3.63, 3.8) is 0 Å². The third-order valence-electron chi connectivity index (χ3n) is 1.76. The zero-order valence-corrected chi connectivity index (χ0v) is 7.32. The van der Waals surface area contributed by atoms with Crippen molar-refractivity contribution in [2.24, 2.45) is 5.84 Å². The van der Waals surface area contributed by atoms with Crippen LogP contribution in [0.25, 0.3) is 0 Å². The summed E-state index contributed by atoms with van der Waals surface area (Å²) < 4.78 is 0. The van der Waals surface area contributed by atoms with E-state index in [9.17, 15) is 4.79 Å². The first kappa shape index (κ1) is 10.0. The Morgan fingerprint density at radius 2 is 2.36 bits per heavy atom. The van der Waals surface area contributed by atoms with Crippen LogP contribution in [0, 0.1) is 11.3 Å². The van der Waals surface area contributed by atoms with Gasteiger partial charge in [-0.15, -0.1) is 0 Å². The van der Waals surface area contributed by atoms with Gasteiger partial charge < -0.3 is 10.5 Å². The first-order valence-electron chi connectivity index (χ1n) is 3.89. The third kappa shape index (κ3) is 2.00. The number of nitrogens with one attached hydrogen (secondary N) is 1. The molecule has 0 unspecified atom stereocenters. The number of carboxylic acid groups (broad SMARTS) is 1. The molecule has 0 aromatic heterocycles. The fourth-order valence-corrected chi connectivity index (χ4v) is 1.17. The normalized spacial score (nSPS) is 9.14. The third-order valence-corrected chi connectivity index (χ3v) is 1.76. The van der Waals surface area contributed by atoms with E-state index in [-0.39, 0.29) is 6.42 Å². The maximum Gasteiger partial charge on any atom is 0.307 e. The highest BCUT2D eigenvalue weighted by atomic mass is 16.4. The van der Waals surface area contributed by atoms with Crippen LogP contribution in [0.5, 0.6) is 0 Å². The van der Waals surface area contributed by atoms with Crippen molar-refractivity contribution >= 4 is 11.7 Å². The lowest BCUT2D eigenvalue weighted by molar-refractivity contribution is -0.136. The smallest absolute Gasteiger partial charge is 0.307 e. The molecule has 0 bridgehead atoms. The summed E-state index contributed by atoms with van der Waals surface area (Å²) in [7, 11) is 0. The van der Waals surface area contributed by atoms with Crippen molar-refractivity contribution in [2.75, 3.05) is 5.43 Å². The van der Waals surface area contributed by atoms with Gasteiger partial charge in [-0.3, -0.25) is 10.6 Å². The molecular weight excluding hydrogens is 182 g/mol. The molecule has 0 fully saturated rings. The molecule has 5 nitrogen and oxygen atoms in total. The average Bonchev–Trinajstić information content (AvgIpc) is 2.16. The van der Waals surface area contributed by atoms with Crippen LogP contribution < -0.4 is 11.3 Å². The minimum atomic E-state index is -0.961. The predicted molar refractivity (Wildman–Crippen MR) is 50.3 cm³/mol. The Labute approximate surface area is 80.7 Å². The number of carboxylic acids is 1. The molecule has 1 rings (SSSR count). The number of hydrogen-bond donors (Lipinski definition) is 3. The molecule has 0 atom stereocenters. The molecule has 1 aromatic rings. The van der Waals surface area contributed by atoms with Gasteiger partial charge in [0.2, 0.25) is 0 Å². The van der Waals surface area contributed by atoms with Crippen molar-refractivity contribution in [3.8, 4) is 6.07 Å². The van der Waals surface area contributed by atoms with Crippen molar-refractivity contribution in [3.05, 3.63) is 29.3 Å². The van der Waals surface area contributed by atoms with E-state index in [1.807, 2.05) is 6.07 Å². The standard InChI is InChI=1S/C9H9N3O2/c10-5-7-3-1-2-6(4-8(13)14)9(7)12-11/h1-3,12H,4,11H2,(H,13,14). The molecular formula is C9H9N3O2. The lowest BCUT2D eigenvalue weighted by atomic mass is 10.1. The summed E-state index contributed by atoms with van der Waals surface area (Å²) in [5, 5.41) is 17.3. The van der Waals surface area contributed by atoms with Crippen LogP contribution in [0.15, 0.2) is 18.2 Å². The van der Waals surface area contributed by atoms with E-state index in [1.165, 1.54) is 0 Å². The first-order valence-corrected chi connectivity index (χ1v) is 3.89. The number of nitrogens with zero attached hydrogens (tertiary/aromatic N) is 1. The van der Waals surface area contributed by atoms with Crippen LogP contribution >= 0.6 is 0 Å². The summed E-state index contributed by atoms with van der Waals surface area (Å²) in [6.45, 7) is 0. The number of carbonyl (C=O) groups is 1. The summed E-state index contributed by atoms with van der Waals surface area (Å²) in [6.07, 6.45) is -0.158. The van der Waals surface area contributed by atoms with Crippen molar-refractivity contribution in [1.29, 1.82) is 5.26 Å². The number of rotatable bonds is 3. The Morgan fingerprint density at radius 3 is 2.86 bits per heavy atom. The summed E-state index contributed by atoms with van der Waals surface area (Å²) in [5.74, 6) is 4.25. The van der Waals surface area contributed by atoms with Crippen molar-refractivity contribution < 1.29 is 9.90 Å². The van der Waals surface area contributed by atoms with Gasteiger partial charge in [0, 0.05) is 0 Å². The van der Waals surface area contributed by atoms with Crippen LogP contribution in [0.3, 0.4) is 0 Å². The van der Waals surface area contributed by atoms with Crippen LogP contribution in [-0.4, -0.2) is 11.1 Å². The molecule has 1 aromatic carbocycles. The SMILES string of the molecule is N#Cc1cccc(CC(=O)O)c1NN. The lowest BCUT2D eigenvalue weighted by Crippen LogP contribution is -2.13. The van der Waals surface area contributed by atoms with Crippen molar-refractivity contribution in [1.82, 2.24) is 0 Å². The maximum atomic E-state index is 10.5. The molecule has 0 saturated carbocycles. The number of aliphatic carboxylic acids is 1. The molecule has 0 aliphatic carbocycles. The van der Waals surface area contributed by atoms with Gasteiger partial charge in [-0.1, -0.05) is 12.1 Å². The molecule has 0 radical (unpaired) electrons. The lowest BCUT2D eigenvalue weighted by Gasteiger charge is -2.07. The minimum absolute atomic E-state index is 0.158. The predicted octanol–water partition coefficient (Wildman–Crippen LogP) is 0.471. The Kier molecular flexibility index (Phi) is 3.05. The largest absolute Gasteiger partial charge is 0.481 e. The van der Waals surface area contributed by atoms with Gasteiger partial charge in [0.15, 0.2) is 0 Å². The summed E-state index contributed by atoms with van der Waals surface area (Å²) in [6, 6.07) is 6.73. The number of benzene rings is 1. The summed E-state index contributed by atoms with van der Waals surface area (Å²) in [4.78, 5) is 10.5. The van der Waals surface area contributed by atoms with Crippen molar-refractivity contribution in [2.45, 2.75) is 6.42 Å². The highest BCUT2D eigenvalue weighted by Gasteiger charge is 2.09. The van der Waals surface area contributed by atoms with E-state index < -0.39 is 5.97 Å². The number of hydrazine groups is 1. The minimum Gasteiger partial charge on any atom is -0.481 e. The van der Waals surface area contributed by atoms with Gasteiger partial charge in [0.25, 0.3) is 0 Å². The van der Waals surface area contributed by atoms with Gasteiger partial charge in [-0.2, -0.15) is 5.26 Å². The second kappa shape index (κ2) is 4.25. The second-order valence-electron chi connectivity index (χ2n) is 2.67. The Balaban J connectivity index is 3.16. The highest BCUT2D eigenvalue weighted by molar-refractivity contribution is 5.75. The van der Waals surface area contributed by atoms with Gasteiger partial charge >= 0.3 is 5.97 Å². The van der Waals surface area contributed by atoms with E-state index in [0.29, 0.717) is 16.8 Å². The Bertz CT molecular complexity index is 396. The van der Waals surface area contributed by atoms with Gasteiger partial charge in [0.1, 0.15) is 6.07 Å². The second-order valence-corrected chi connectivity index (χ2v) is 2.67. The molecule has 0 amide bonds. The number of nitriles is 1. The fourth-order valence-electron chi connectivity index (χ4n) is 1.17. The number of para-hydroxylation sites is 1. The van der Waals surface area contributed by atoms with E-state index >= 15 is 0 Å². The summed E-state index contributed by atoms with van der Waals surface area (Å²) in [5.41, 5.74) is 3.55. The van der Waals surface area contributed by atoms with Gasteiger partial charge in [0.05, 0.1) is 17.7 Å². The molecule has 0 saturated heterocycles. The topological polar surface area (TPSA) is 99.1 Å². The fraction of sp³-hybridized carbons (Fsp3) is 0.111. The summed E-state index contributed by atoms with van der Waals surface area (Å²) >= 11 is 0. The molecule has 72 valence electrons. The molecule has 0 aliphatic heterocycles. The van der Waals surface area contributed by atoms with Crippen LogP contribution in [0.1, 0.15) is 11.1 Å². The molecule has 5 heteroatoms. The Hall–Kier alpha value is -2.06. The molecule has 0 heterocycles. The molecule has 14 heavy (non-hydrogen) atoms. The average molecular weight is 191 g/mol. The number of hydrogen-bond acceptors (Lipinski definition) is 4. The number of nitrogen functional groups attached to an aromatic ring is 1. The highest BCUT2D eigenvalue weighted by Crippen LogP contribution is 2.19. The number of anilines is 1. The first-order chi connectivity index (χ1) is 6.69. The zero-order valence-electron chi connectivity index (χ0n) is 7.32. The molecule has 0 spiro atoms. The Morgan fingerprint density at radius 1 is 1.64 bits per heavy atom. The van der Waals surface area contributed by atoms with E-state index in [4.69, 9.17) is 16.2 Å². The van der Waals surface area contributed by atoms with Crippen LogP contribution in [0.2, 0.25) is 0 Å². The van der Waals surface area contributed by atoms with Crippen LogP contribution in [-0.2, 0) is 11.2 Å². The van der Waals surface area contributed by atoms with Gasteiger partial charge in [-0.05, 0) is 11.6 Å². The number of nitrogens with two attached hydrogens (primary N) is 1. The van der Waals surface area contributed by atoms with E-state index in [0.717, 1.165) is 0 Å². The zero-order chi connectivity index (χ0) is 10.6. The monoisotopic (exact) mass is 191 g/mol.